The van der Waals surface area contributed by atoms with Crippen molar-refractivity contribution >= 4 is 40.0 Å². The Bertz CT molecular complexity index is 1610. The molecule has 0 aliphatic carbocycles. The van der Waals surface area contributed by atoms with Crippen molar-refractivity contribution in [3.05, 3.63) is 104 Å². The van der Waals surface area contributed by atoms with Crippen LogP contribution in [0.15, 0.2) is 82.4 Å². The highest BCUT2D eigenvalue weighted by Gasteiger charge is 2.16. The second-order valence-corrected chi connectivity index (χ2v) is 9.59. The number of nitrogens with zero attached hydrogens (tertiary/aromatic N) is 2. The van der Waals surface area contributed by atoms with Crippen molar-refractivity contribution < 1.29 is 14.3 Å². The molecule has 2 amide bonds. The predicted molar refractivity (Wildman–Crippen MR) is 156 cm³/mol. The number of carbonyl (C=O) groups excluding carboxylic acids is 2. The second kappa shape index (κ2) is 13.6. The first kappa shape index (κ1) is 28.6. The average Bonchev–Trinajstić information content (AvgIpc) is 2.95. The Balaban J connectivity index is 1.44. The SMILES string of the molecule is CCOc1ccccc1NC(=O)Cn1c(=O)n(CCCC(=O)NCCc2ccc(Cl)cc2)c(=O)c2ccccc21. The van der Waals surface area contributed by atoms with Crippen molar-refractivity contribution in [1.29, 1.82) is 0 Å². The smallest absolute Gasteiger partial charge is 0.331 e. The fourth-order valence-corrected chi connectivity index (χ4v) is 4.51. The lowest BCUT2D eigenvalue weighted by Gasteiger charge is -2.15. The lowest BCUT2D eigenvalue weighted by molar-refractivity contribution is -0.121. The van der Waals surface area contributed by atoms with Crippen LogP contribution in [0.4, 0.5) is 5.69 Å². The van der Waals surface area contributed by atoms with Crippen LogP contribution in [0.3, 0.4) is 0 Å². The summed E-state index contributed by atoms with van der Waals surface area (Å²) >= 11 is 5.90. The van der Waals surface area contributed by atoms with E-state index in [1.807, 2.05) is 19.1 Å². The molecule has 2 N–H and O–H groups in total. The molecule has 1 heterocycles. The minimum Gasteiger partial charge on any atom is -0.492 e. The van der Waals surface area contributed by atoms with E-state index >= 15 is 0 Å². The molecule has 208 valence electrons. The van der Waals surface area contributed by atoms with Crippen molar-refractivity contribution in [2.45, 2.75) is 39.3 Å². The number of amides is 2. The number of halogens is 1. The zero-order valence-corrected chi connectivity index (χ0v) is 22.9. The van der Waals surface area contributed by atoms with Gasteiger partial charge in [0, 0.05) is 24.5 Å². The van der Waals surface area contributed by atoms with Gasteiger partial charge in [0.25, 0.3) is 5.56 Å². The summed E-state index contributed by atoms with van der Waals surface area (Å²) in [6.07, 6.45) is 1.09. The highest BCUT2D eigenvalue weighted by Crippen LogP contribution is 2.23. The van der Waals surface area contributed by atoms with E-state index in [1.54, 1.807) is 60.7 Å². The number of rotatable bonds is 12. The van der Waals surface area contributed by atoms with E-state index in [-0.39, 0.29) is 31.8 Å². The molecule has 0 unspecified atom stereocenters. The van der Waals surface area contributed by atoms with E-state index in [2.05, 4.69) is 10.6 Å². The minimum atomic E-state index is -0.611. The third-order valence-electron chi connectivity index (χ3n) is 6.33. The molecule has 0 saturated heterocycles. The molecular weight excluding hydrogens is 532 g/mol. The average molecular weight is 563 g/mol. The summed E-state index contributed by atoms with van der Waals surface area (Å²) in [6.45, 7) is 2.48. The van der Waals surface area contributed by atoms with E-state index in [1.165, 1.54) is 4.57 Å². The Hall–Kier alpha value is -4.37. The van der Waals surface area contributed by atoms with E-state index in [4.69, 9.17) is 16.3 Å². The number of benzene rings is 3. The highest BCUT2D eigenvalue weighted by atomic mass is 35.5. The number of para-hydroxylation sites is 3. The number of anilines is 1. The van der Waals surface area contributed by atoms with Crippen molar-refractivity contribution in [3.8, 4) is 5.75 Å². The monoisotopic (exact) mass is 562 g/mol. The standard InChI is InChI=1S/C30H31ClN4O5/c1-2-40-26-11-6-4-9-24(26)33-28(37)20-35-25-10-5-3-8-23(25)29(38)34(30(35)39)19-7-12-27(36)32-18-17-21-13-15-22(31)16-14-21/h3-6,8-11,13-16H,2,7,12,17-20H2,1H3,(H,32,36)(H,33,37). The van der Waals surface area contributed by atoms with Crippen molar-refractivity contribution in [2.24, 2.45) is 0 Å². The molecule has 0 radical (unpaired) electrons. The van der Waals surface area contributed by atoms with Gasteiger partial charge in [-0.15, -0.1) is 0 Å². The molecule has 4 rings (SSSR count). The molecule has 1 aromatic heterocycles. The summed E-state index contributed by atoms with van der Waals surface area (Å²) in [5, 5.41) is 6.62. The van der Waals surface area contributed by atoms with Crippen LogP contribution in [-0.4, -0.2) is 34.1 Å². The van der Waals surface area contributed by atoms with E-state index in [9.17, 15) is 19.2 Å². The number of aromatic nitrogens is 2. The van der Waals surface area contributed by atoms with Crippen LogP contribution in [0.1, 0.15) is 25.3 Å². The van der Waals surface area contributed by atoms with Gasteiger partial charge in [-0.05, 0) is 61.7 Å². The predicted octanol–water partition coefficient (Wildman–Crippen LogP) is 3.99. The quantitative estimate of drug-likeness (QED) is 0.271. The first-order chi connectivity index (χ1) is 19.4. The van der Waals surface area contributed by atoms with Gasteiger partial charge in [0.1, 0.15) is 12.3 Å². The van der Waals surface area contributed by atoms with Crippen LogP contribution >= 0.6 is 11.6 Å². The van der Waals surface area contributed by atoms with Gasteiger partial charge in [0.2, 0.25) is 11.8 Å². The van der Waals surface area contributed by atoms with Gasteiger partial charge in [-0.25, -0.2) is 4.79 Å². The second-order valence-electron chi connectivity index (χ2n) is 9.15. The maximum atomic E-state index is 13.4. The van der Waals surface area contributed by atoms with Gasteiger partial charge in [-0.2, -0.15) is 0 Å². The summed E-state index contributed by atoms with van der Waals surface area (Å²) < 4.78 is 7.93. The minimum absolute atomic E-state index is 0.0435. The van der Waals surface area contributed by atoms with Gasteiger partial charge in [0.05, 0.1) is 23.2 Å². The van der Waals surface area contributed by atoms with Crippen LogP contribution < -0.4 is 26.6 Å². The number of hydrogen-bond donors (Lipinski definition) is 2. The fraction of sp³-hybridized carbons (Fsp3) is 0.267. The number of ether oxygens (including phenoxy) is 1. The number of nitrogens with one attached hydrogen (secondary N) is 2. The third-order valence-corrected chi connectivity index (χ3v) is 6.58. The molecule has 0 bridgehead atoms. The largest absolute Gasteiger partial charge is 0.492 e. The zero-order valence-electron chi connectivity index (χ0n) is 22.2. The summed E-state index contributed by atoms with van der Waals surface area (Å²) in [5.41, 5.74) is 0.838. The van der Waals surface area contributed by atoms with Crippen molar-refractivity contribution in [3.63, 3.8) is 0 Å². The summed E-state index contributed by atoms with van der Waals surface area (Å²) in [6, 6.07) is 21.1. The molecule has 0 aliphatic rings. The first-order valence-corrected chi connectivity index (χ1v) is 13.5. The molecular formula is C30H31ClN4O5. The molecule has 40 heavy (non-hydrogen) atoms. The Morgan fingerprint density at radius 2 is 1.62 bits per heavy atom. The number of fused-ring (bicyclic) bond motifs is 1. The molecule has 0 fully saturated rings. The van der Waals surface area contributed by atoms with Crippen LogP contribution in [0.2, 0.25) is 5.02 Å². The Kier molecular flexibility index (Phi) is 9.75. The summed E-state index contributed by atoms with van der Waals surface area (Å²) in [7, 11) is 0. The summed E-state index contributed by atoms with van der Waals surface area (Å²) in [4.78, 5) is 51.9. The van der Waals surface area contributed by atoms with Crippen LogP contribution in [-0.2, 0) is 29.1 Å². The van der Waals surface area contributed by atoms with Crippen molar-refractivity contribution in [1.82, 2.24) is 14.5 Å². The highest BCUT2D eigenvalue weighted by molar-refractivity contribution is 6.30. The molecule has 3 aromatic carbocycles. The van der Waals surface area contributed by atoms with Crippen LogP contribution in [0.25, 0.3) is 10.9 Å². The molecule has 0 spiro atoms. The Morgan fingerprint density at radius 1 is 0.900 bits per heavy atom. The van der Waals surface area contributed by atoms with Gasteiger partial charge >= 0.3 is 5.69 Å². The van der Waals surface area contributed by atoms with Gasteiger partial charge in [0.15, 0.2) is 0 Å². The Labute approximate surface area is 236 Å². The fourth-order valence-electron chi connectivity index (χ4n) is 4.39. The molecule has 0 saturated carbocycles. The van der Waals surface area contributed by atoms with Gasteiger partial charge < -0.3 is 15.4 Å². The van der Waals surface area contributed by atoms with Gasteiger partial charge in [-0.3, -0.25) is 23.5 Å². The van der Waals surface area contributed by atoms with E-state index < -0.39 is 17.2 Å². The maximum absolute atomic E-state index is 13.4. The topological polar surface area (TPSA) is 111 Å². The van der Waals surface area contributed by atoms with Crippen LogP contribution in [0.5, 0.6) is 5.75 Å². The molecule has 10 heteroatoms. The van der Waals surface area contributed by atoms with Crippen LogP contribution in [0, 0.1) is 0 Å². The molecule has 0 aliphatic heterocycles. The molecule has 9 nitrogen and oxygen atoms in total. The molecule has 0 atom stereocenters. The van der Waals surface area contributed by atoms with Crippen molar-refractivity contribution in [2.75, 3.05) is 18.5 Å². The van der Waals surface area contributed by atoms with E-state index in [0.29, 0.717) is 46.9 Å². The number of hydrogen-bond acceptors (Lipinski definition) is 5. The zero-order chi connectivity index (χ0) is 28.5. The summed E-state index contributed by atoms with van der Waals surface area (Å²) in [5.74, 6) is -0.0906. The third kappa shape index (κ3) is 7.18. The maximum Gasteiger partial charge on any atom is 0.331 e. The van der Waals surface area contributed by atoms with E-state index in [0.717, 1.165) is 10.1 Å². The number of carbonyl (C=O) groups is 2. The first-order valence-electron chi connectivity index (χ1n) is 13.1. The lowest BCUT2D eigenvalue weighted by atomic mass is 10.1. The molecule has 4 aromatic rings. The lowest BCUT2D eigenvalue weighted by Crippen LogP contribution is -2.42. The normalized spacial score (nSPS) is 10.8. The van der Waals surface area contributed by atoms with Gasteiger partial charge in [-0.1, -0.05) is 48.0 Å². The Morgan fingerprint density at radius 3 is 2.40 bits per heavy atom.